The van der Waals surface area contributed by atoms with Gasteiger partial charge in [-0.25, -0.2) is 0 Å². The van der Waals surface area contributed by atoms with E-state index in [1.165, 1.54) is 0 Å². The van der Waals surface area contributed by atoms with Crippen molar-refractivity contribution in [1.29, 1.82) is 0 Å². The van der Waals surface area contributed by atoms with Gasteiger partial charge in [0, 0.05) is 13.0 Å². The van der Waals surface area contributed by atoms with Crippen molar-refractivity contribution in [3.8, 4) is 5.75 Å². The zero-order valence-corrected chi connectivity index (χ0v) is 8.60. The molecule has 1 aliphatic rings. The average molecular weight is 196 g/mol. The van der Waals surface area contributed by atoms with Crippen molar-refractivity contribution >= 4 is 0 Å². The Balaban J connectivity index is 2.33. The predicted octanol–water partition coefficient (Wildman–Crippen LogP) is 1.06. The molecule has 1 saturated carbocycles. The van der Waals surface area contributed by atoms with E-state index in [1.54, 1.807) is 18.0 Å². The van der Waals surface area contributed by atoms with Gasteiger partial charge in [0.2, 0.25) is 0 Å². The molecular weight excluding hydrogens is 180 g/mol. The number of methoxy groups -OCH3 is 1. The standard InChI is InChI=1S/C10H16N2O2/c1-12-10(9(14-2)6-11-12)7-4-3-5-8(7)13/h6-8,13H,3-5H2,1-2H3. The van der Waals surface area contributed by atoms with E-state index in [0.29, 0.717) is 0 Å². The maximum Gasteiger partial charge on any atom is 0.160 e. The third-order valence-corrected chi connectivity index (χ3v) is 3.00. The number of aromatic nitrogens is 2. The Labute approximate surface area is 83.5 Å². The van der Waals surface area contributed by atoms with E-state index in [1.807, 2.05) is 7.05 Å². The first-order chi connectivity index (χ1) is 6.74. The Bertz CT molecular complexity index is 322. The summed E-state index contributed by atoms with van der Waals surface area (Å²) in [6.07, 6.45) is 4.47. The van der Waals surface area contributed by atoms with Gasteiger partial charge in [-0.15, -0.1) is 0 Å². The van der Waals surface area contributed by atoms with E-state index >= 15 is 0 Å². The summed E-state index contributed by atoms with van der Waals surface area (Å²) >= 11 is 0. The molecule has 2 unspecified atom stereocenters. The van der Waals surface area contributed by atoms with Crippen molar-refractivity contribution < 1.29 is 9.84 Å². The van der Waals surface area contributed by atoms with Crippen LogP contribution in [0.25, 0.3) is 0 Å². The second kappa shape index (κ2) is 3.61. The quantitative estimate of drug-likeness (QED) is 0.769. The van der Waals surface area contributed by atoms with E-state index in [0.717, 1.165) is 30.7 Å². The van der Waals surface area contributed by atoms with Crippen LogP contribution in [0.1, 0.15) is 30.9 Å². The third kappa shape index (κ3) is 1.39. The van der Waals surface area contributed by atoms with Crippen LogP contribution in [-0.4, -0.2) is 28.1 Å². The van der Waals surface area contributed by atoms with Crippen LogP contribution in [-0.2, 0) is 7.05 Å². The van der Waals surface area contributed by atoms with E-state index in [-0.39, 0.29) is 12.0 Å². The highest BCUT2D eigenvalue weighted by Gasteiger charge is 2.31. The molecule has 78 valence electrons. The van der Waals surface area contributed by atoms with E-state index in [9.17, 15) is 5.11 Å². The molecule has 4 nitrogen and oxygen atoms in total. The molecule has 2 rings (SSSR count). The van der Waals surface area contributed by atoms with Gasteiger partial charge in [-0.2, -0.15) is 5.10 Å². The second-order valence-electron chi connectivity index (χ2n) is 3.83. The molecule has 1 N–H and O–H groups in total. The molecule has 0 amide bonds. The van der Waals surface area contributed by atoms with Gasteiger partial charge in [-0.05, 0) is 12.8 Å². The Hall–Kier alpha value is -1.03. The fraction of sp³-hybridized carbons (Fsp3) is 0.700. The summed E-state index contributed by atoms with van der Waals surface area (Å²) in [6, 6.07) is 0. The number of hydrogen-bond acceptors (Lipinski definition) is 3. The van der Waals surface area contributed by atoms with Crippen LogP contribution in [0.15, 0.2) is 6.20 Å². The summed E-state index contributed by atoms with van der Waals surface area (Å²) in [7, 11) is 3.53. The summed E-state index contributed by atoms with van der Waals surface area (Å²) in [5, 5.41) is 14.0. The predicted molar refractivity (Wildman–Crippen MR) is 52.4 cm³/mol. The largest absolute Gasteiger partial charge is 0.493 e. The van der Waals surface area contributed by atoms with E-state index < -0.39 is 0 Å². The molecule has 0 radical (unpaired) electrons. The topological polar surface area (TPSA) is 47.3 Å². The molecule has 14 heavy (non-hydrogen) atoms. The first-order valence-electron chi connectivity index (χ1n) is 4.98. The molecule has 0 aromatic carbocycles. The van der Waals surface area contributed by atoms with Crippen LogP contribution < -0.4 is 4.74 Å². The van der Waals surface area contributed by atoms with Crippen LogP contribution in [0.5, 0.6) is 5.75 Å². The Morgan fingerprint density at radius 1 is 1.57 bits per heavy atom. The second-order valence-corrected chi connectivity index (χ2v) is 3.83. The summed E-state index contributed by atoms with van der Waals surface area (Å²) < 4.78 is 7.04. The van der Waals surface area contributed by atoms with Crippen LogP contribution in [0, 0.1) is 0 Å². The summed E-state index contributed by atoms with van der Waals surface area (Å²) in [5.41, 5.74) is 1.03. The Kier molecular flexibility index (Phi) is 2.46. The maximum absolute atomic E-state index is 9.81. The van der Waals surface area contributed by atoms with Crippen molar-refractivity contribution in [1.82, 2.24) is 9.78 Å². The number of aliphatic hydroxyl groups is 1. The zero-order valence-electron chi connectivity index (χ0n) is 8.60. The van der Waals surface area contributed by atoms with Crippen LogP contribution >= 0.6 is 0 Å². The lowest BCUT2D eigenvalue weighted by atomic mass is 10.0. The highest BCUT2D eigenvalue weighted by atomic mass is 16.5. The Morgan fingerprint density at radius 3 is 2.93 bits per heavy atom. The van der Waals surface area contributed by atoms with E-state index in [2.05, 4.69) is 5.10 Å². The lowest BCUT2D eigenvalue weighted by molar-refractivity contribution is 0.159. The average Bonchev–Trinajstić information content (AvgIpc) is 2.72. The SMILES string of the molecule is COc1cnn(C)c1C1CCCC1O. The summed E-state index contributed by atoms with van der Waals surface area (Å²) in [4.78, 5) is 0. The molecule has 1 heterocycles. The van der Waals surface area contributed by atoms with Crippen molar-refractivity contribution in [2.75, 3.05) is 7.11 Å². The first-order valence-corrected chi connectivity index (χ1v) is 4.98. The van der Waals surface area contributed by atoms with Crippen LogP contribution in [0.3, 0.4) is 0 Å². The molecule has 4 heteroatoms. The number of aliphatic hydroxyl groups excluding tert-OH is 1. The number of aryl methyl sites for hydroxylation is 1. The van der Waals surface area contributed by atoms with Gasteiger partial charge in [0.25, 0.3) is 0 Å². The van der Waals surface area contributed by atoms with Gasteiger partial charge in [0.05, 0.1) is 25.1 Å². The normalized spacial score (nSPS) is 26.8. The molecule has 0 aliphatic heterocycles. The molecule has 1 aliphatic carbocycles. The molecule has 0 saturated heterocycles. The van der Waals surface area contributed by atoms with Crippen LogP contribution in [0.4, 0.5) is 0 Å². The molecule has 0 bridgehead atoms. The number of rotatable bonds is 2. The molecule has 1 fully saturated rings. The van der Waals surface area contributed by atoms with Gasteiger partial charge in [0.15, 0.2) is 5.75 Å². The van der Waals surface area contributed by atoms with Crippen molar-refractivity contribution in [2.45, 2.75) is 31.3 Å². The fourth-order valence-electron chi connectivity index (χ4n) is 2.27. The van der Waals surface area contributed by atoms with Gasteiger partial charge in [-0.3, -0.25) is 4.68 Å². The highest BCUT2D eigenvalue weighted by Crippen LogP contribution is 2.38. The number of nitrogens with zero attached hydrogens (tertiary/aromatic N) is 2. The van der Waals surface area contributed by atoms with Crippen molar-refractivity contribution in [3.05, 3.63) is 11.9 Å². The number of ether oxygens (including phenoxy) is 1. The number of hydrogen-bond donors (Lipinski definition) is 1. The fourth-order valence-corrected chi connectivity index (χ4v) is 2.27. The smallest absolute Gasteiger partial charge is 0.160 e. The first kappa shape index (κ1) is 9.52. The summed E-state index contributed by atoms with van der Waals surface area (Å²) in [6.45, 7) is 0. The lowest BCUT2D eigenvalue weighted by Gasteiger charge is -2.16. The minimum Gasteiger partial charge on any atom is -0.493 e. The molecule has 1 aromatic rings. The van der Waals surface area contributed by atoms with Gasteiger partial charge >= 0.3 is 0 Å². The monoisotopic (exact) mass is 196 g/mol. The van der Waals surface area contributed by atoms with E-state index in [4.69, 9.17) is 4.74 Å². The third-order valence-electron chi connectivity index (χ3n) is 3.00. The highest BCUT2D eigenvalue weighted by molar-refractivity contribution is 5.30. The Morgan fingerprint density at radius 2 is 2.36 bits per heavy atom. The minimum atomic E-state index is -0.237. The minimum absolute atomic E-state index is 0.192. The molecule has 1 aromatic heterocycles. The van der Waals surface area contributed by atoms with Gasteiger partial charge < -0.3 is 9.84 Å². The van der Waals surface area contributed by atoms with Gasteiger partial charge in [-0.1, -0.05) is 6.42 Å². The zero-order chi connectivity index (χ0) is 10.1. The van der Waals surface area contributed by atoms with Gasteiger partial charge in [0.1, 0.15) is 0 Å². The lowest BCUT2D eigenvalue weighted by Crippen LogP contribution is -2.15. The van der Waals surface area contributed by atoms with Crippen molar-refractivity contribution in [2.24, 2.45) is 7.05 Å². The van der Waals surface area contributed by atoms with Crippen LogP contribution in [0.2, 0.25) is 0 Å². The van der Waals surface area contributed by atoms with Crippen molar-refractivity contribution in [3.63, 3.8) is 0 Å². The summed E-state index contributed by atoms with van der Waals surface area (Å²) in [5.74, 6) is 0.982. The molecule has 0 spiro atoms. The maximum atomic E-state index is 9.81. The molecular formula is C10H16N2O2. The molecule has 2 atom stereocenters.